The summed E-state index contributed by atoms with van der Waals surface area (Å²) in [7, 11) is 0. The Bertz CT molecular complexity index is 823. The average Bonchev–Trinajstić information content (AvgIpc) is 3.02. The number of nitrogens with zero attached hydrogens (tertiary/aromatic N) is 1. The minimum atomic E-state index is -0.532. The summed E-state index contributed by atoms with van der Waals surface area (Å²) in [5.74, 6) is 0.0814. The highest BCUT2D eigenvalue weighted by molar-refractivity contribution is 9.10. The third-order valence-electron chi connectivity index (χ3n) is 3.04. The lowest BCUT2D eigenvalue weighted by Crippen LogP contribution is -2.06. The smallest absolute Gasteiger partial charge is 0.379 e. The van der Waals surface area contributed by atoms with Gasteiger partial charge in [-0.05, 0) is 63.5 Å². The van der Waals surface area contributed by atoms with Crippen LogP contribution in [-0.2, 0) is 0 Å². The normalized spacial score (nSPS) is 10.8. The molecule has 0 aliphatic heterocycles. The van der Waals surface area contributed by atoms with Crippen molar-refractivity contribution in [2.75, 3.05) is 0 Å². The molecule has 0 bridgehead atoms. The van der Waals surface area contributed by atoms with Crippen molar-refractivity contribution in [2.24, 2.45) is 0 Å². The van der Waals surface area contributed by atoms with Crippen molar-refractivity contribution in [1.82, 2.24) is 4.98 Å². The van der Waals surface area contributed by atoms with Gasteiger partial charge in [0.05, 0.1) is 0 Å². The van der Waals surface area contributed by atoms with E-state index in [0.29, 0.717) is 10.4 Å². The fourth-order valence-corrected chi connectivity index (χ4v) is 2.20. The van der Waals surface area contributed by atoms with E-state index in [1.54, 1.807) is 36.7 Å². The fraction of sp³-hybridized carbons (Fsp3) is 0. The van der Waals surface area contributed by atoms with Gasteiger partial charge in [-0.2, -0.15) is 0 Å². The predicted octanol–water partition coefficient (Wildman–Crippen LogP) is 4.83. The number of benzene rings is 1. The zero-order valence-corrected chi connectivity index (χ0v) is 13.6. The SMILES string of the molecule is O=C(Oc1ccc(/C=C/c2ccncc2)cc1)c1ccc(Br)o1. The average molecular weight is 370 g/mol. The molecule has 0 fully saturated rings. The van der Waals surface area contributed by atoms with Crippen LogP contribution in [0.4, 0.5) is 0 Å². The van der Waals surface area contributed by atoms with E-state index in [4.69, 9.17) is 9.15 Å². The number of carbonyl (C=O) groups is 1. The van der Waals surface area contributed by atoms with Gasteiger partial charge in [0.15, 0.2) is 4.67 Å². The molecule has 0 amide bonds. The number of hydrogen-bond donors (Lipinski definition) is 0. The second-order valence-electron chi connectivity index (χ2n) is 4.68. The van der Waals surface area contributed by atoms with Gasteiger partial charge in [0.1, 0.15) is 5.75 Å². The second kappa shape index (κ2) is 7.07. The molecule has 1 aromatic carbocycles. The number of furan rings is 1. The highest BCUT2D eigenvalue weighted by atomic mass is 79.9. The minimum Gasteiger partial charge on any atom is -0.442 e. The molecular formula is C18H12BrNO3. The van der Waals surface area contributed by atoms with Gasteiger partial charge in [0.25, 0.3) is 0 Å². The van der Waals surface area contributed by atoms with Gasteiger partial charge in [-0.25, -0.2) is 4.79 Å². The Kier molecular flexibility index (Phi) is 4.68. The fourth-order valence-electron chi connectivity index (χ4n) is 1.90. The number of halogens is 1. The first kappa shape index (κ1) is 15.2. The van der Waals surface area contributed by atoms with Crippen molar-refractivity contribution < 1.29 is 13.9 Å². The molecule has 0 unspecified atom stereocenters. The van der Waals surface area contributed by atoms with Crippen LogP contribution < -0.4 is 4.74 Å². The quantitative estimate of drug-likeness (QED) is 0.488. The Morgan fingerprint density at radius 1 is 0.957 bits per heavy atom. The first-order valence-corrected chi connectivity index (χ1v) is 7.66. The zero-order valence-electron chi connectivity index (χ0n) is 12.0. The highest BCUT2D eigenvalue weighted by Crippen LogP contribution is 2.18. The van der Waals surface area contributed by atoms with Gasteiger partial charge in [-0.15, -0.1) is 0 Å². The predicted molar refractivity (Wildman–Crippen MR) is 91.0 cm³/mol. The molecule has 3 rings (SSSR count). The Morgan fingerprint density at radius 3 is 2.22 bits per heavy atom. The number of aromatic nitrogens is 1. The van der Waals surface area contributed by atoms with Crippen LogP contribution in [0.2, 0.25) is 0 Å². The molecule has 0 saturated carbocycles. The first-order chi connectivity index (χ1) is 11.2. The van der Waals surface area contributed by atoms with Crippen LogP contribution in [0.1, 0.15) is 21.7 Å². The molecule has 0 N–H and O–H groups in total. The van der Waals surface area contributed by atoms with Crippen LogP contribution in [-0.4, -0.2) is 11.0 Å². The van der Waals surface area contributed by atoms with Gasteiger partial charge >= 0.3 is 5.97 Å². The van der Waals surface area contributed by atoms with E-state index >= 15 is 0 Å². The lowest BCUT2D eigenvalue weighted by atomic mass is 10.1. The van der Waals surface area contributed by atoms with Crippen molar-refractivity contribution in [3.63, 3.8) is 0 Å². The number of rotatable bonds is 4. The summed E-state index contributed by atoms with van der Waals surface area (Å²) in [6, 6.07) is 14.3. The number of pyridine rings is 1. The van der Waals surface area contributed by atoms with E-state index in [2.05, 4.69) is 20.9 Å². The number of carbonyl (C=O) groups excluding carboxylic acids is 1. The van der Waals surface area contributed by atoms with Crippen molar-refractivity contribution >= 4 is 34.1 Å². The van der Waals surface area contributed by atoms with Crippen LogP contribution in [0.15, 0.2) is 70.0 Å². The maximum atomic E-state index is 11.9. The van der Waals surface area contributed by atoms with Gasteiger partial charge in [0.2, 0.25) is 5.76 Å². The Hall–Kier alpha value is -2.66. The molecule has 114 valence electrons. The Labute approximate surface area is 141 Å². The molecular weight excluding hydrogens is 358 g/mol. The summed E-state index contributed by atoms with van der Waals surface area (Å²) in [5, 5.41) is 0. The summed E-state index contributed by atoms with van der Waals surface area (Å²) in [6.45, 7) is 0. The third-order valence-corrected chi connectivity index (χ3v) is 3.47. The van der Waals surface area contributed by atoms with E-state index in [1.807, 2.05) is 36.4 Å². The van der Waals surface area contributed by atoms with Crippen molar-refractivity contribution in [1.29, 1.82) is 0 Å². The Balaban J connectivity index is 1.65. The van der Waals surface area contributed by atoms with E-state index in [0.717, 1.165) is 11.1 Å². The molecule has 0 spiro atoms. The molecule has 2 heterocycles. The highest BCUT2D eigenvalue weighted by Gasteiger charge is 2.12. The summed E-state index contributed by atoms with van der Waals surface area (Å²) in [6.07, 6.45) is 7.46. The van der Waals surface area contributed by atoms with Crippen molar-refractivity contribution in [2.45, 2.75) is 0 Å². The summed E-state index contributed by atoms with van der Waals surface area (Å²) >= 11 is 3.15. The first-order valence-electron chi connectivity index (χ1n) is 6.86. The molecule has 4 nitrogen and oxygen atoms in total. The lowest BCUT2D eigenvalue weighted by Gasteiger charge is -2.02. The van der Waals surface area contributed by atoms with Crippen molar-refractivity contribution in [3.8, 4) is 5.75 Å². The topological polar surface area (TPSA) is 52.3 Å². The molecule has 5 heteroatoms. The molecule has 23 heavy (non-hydrogen) atoms. The molecule has 0 atom stereocenters. The van der Waals surface area contributed by atoms with Gasteiger partial charge in [-0.3, -0.25) is 4.98 Å². The summed E-state index contributed by atoms with van der Waals surface area (Å²) in [4.78, 5) is 15.8. The zero-order chi connectivity index (χ0) is 16.1. The molecule has 2 aromatic heterocycles. The van der Waals surface area contributed by atoms with Gasteiger partial charge in [0, 0.05) is 12.4 Å². The molecule has 0 radical (unpaired) electrons. The number of ether oxygens (including phenoxy) is 1. The standard InChI is InChI=1S/C18H12BrNO3/c19-17-8-7-16(23-17)18(21)22-15-5-3-13(4-6-15)1-2-14-9-11-20-12-10-14/h1-12H/b2-1+. The number of esters is 1. The van der Waals surface area contributed by atoms with Crippen LogP contribution in [0.3, 0.4) is 0 Å². The second-order valence-corrected chi connectivity index (χ2v) is 5.46. The number of hydrogen-bond acceptors (Lipinski definition) is 4. The van der Waals surface area contributed by atoms with Gasteiger partial charge < -0.3 is 9.15 Å². The van der Waals surface area contributed by atoms with E-state index in [-0.39, 0.29) is 5.76 Å². The van der Waals surface area contributed by atoms with E-state index < -0.39 is 5.97 Å². The summed E-state index contributed by atoms with van der Waals surface area (Å²) < 4.78 is 10.9. The lowest BCUT2D eigenvalue weighted by molar-refractivity contribution is 0.0700. The maximum Gasteiger partial charge on any atom is 0.379 e. The monoisotopic (exact) mass is 369 g/mol. The van der Waals surface area contributed by atoms with Crippen LogP contribution in [0.25, 0.3) is 12.2 Å². The Morgan fingerprint density at radius 2 is 1.61 bits per heavy atom. The maximum absolute atomic E-state index is 11.9. The van der Waals surface area contributed by atoms with E-state index in [1.165, 1.54) is 0 Å². The van der Waals surface area contributed by atoms with Crippen LogP contribution >= 0.6 is 15.9 Å². The van der Waals surface area contributed by atoms with Gasteiger partial charge in [-0.1, -0.05) is 24.3 Å². The third kappa shape index (κ3) is 4.17. The van der Waals surface area contributed by atoms with E-state index in [9.17, 15) is 4.79 Å². The van der Waals surface area contributed by atoms with Crippen molar-refractivity contribution in [3.05, 3.63) is 82.5 Å². The minimum absolute atomic E-state index is 0.151. The van der Waals surface area contributed by atoms with Crippen LogP contribution in [0, 0.1) is 0 Å². The molecule has 0 aliphatic rings. The summed E-state index contributed by atoms with van der Waals surface area (Å²) in [5.41, 5.74) is 2.07. The molecule has 0 aliphatic carbocycles. The molecule has 3 aromatic rings. The largest absolute Gasteiger partial charge is 0.442 e. The molecule has 0 saturated heterocycles. The van der Waals surface area contributed by atoms with Crippen LogP contribution in [0.5, 0.6) is 5.75 Å².